The zero-order valence-electron chi connectivity index (χ0n) is 47.0. The molecule has 406 valence electrons. The summed E-state index contributed by atoms with van der Waals surface area (Å²) in [5.74, 6) is 0. The molecule has 0 N–H and O–H groups in total. The molecule has 0 atom stereocenters. The Balaban J connectivity index is 1.22. The van der Waals surface area contributed by atoms with Crippen LogP contribution in [0, 0.1) is 113 Å². The summed E-state index contributed by atoms with van der Waals surface area (Å²) in [4.78, 5) is 4.08. The Bertz CT molecular complexity index is 5280. The van der Waals surface area contributed by atoms with Gasteiger partial charge in [-0.2, -0.15) is 52.6 Å². The van der Waals surface area contributed by atoms with Crippen LogP contribution in [0.2, 0.25) is 0 Å². The van der Waals surface area contributed by atoms with Crippen molar-refractivity contribution in [1.29, 1.82) is 52.6 Å². The maximum Gasteiger partial charge on any atom is 0.0998 e. The van der Waals surface area contributed by atoms with Crippen molar-refractivity contribution in [3.63, 3.8) is 0 Å². The number of nitrogens with zero attached hydrogens (tertiary/aromatic N) is 13. The van der Waals surface area contributed by atoms with Crippen molar-refractivity contribution in [2.45, 2.75) is 6.92 Å². The van der Waals surface area contributed by atoms with Crippen LogP contribution in [0.5, 0.6) is 0 Å². The second-order valence-electron chi connectivity index (χ2n) is 20.8. The van der Waals surface area contributed by atoms with E-state index in [0.29, 0.717) is 134 Å². The molecule has 0 bridgehead atoms. The van der Waals surface area contributed by atoms with Gasteiger partial charge in [-0.1, -0.05) is 36.4 Å². The second-order valence-corrected chi connectivity index (χ2v) is 20.8. The largest absolute Gasteiger partial charge is 0.309 e. The summed E-state index contributed by atoms with van der Waals surface area (Å²) >= 11 is 0. The fourth-order valence-electron chi connectivity index (χ4n) is 11.9. The number of hydrogen-bond acceptors (Lipinski definition) is 11. The lowest BCUT2D eigenvalue weighted by atomic mass is 9.90. The minimum absolute atomic E-state index is 0.303. The van der Waals surface area contributed by atoms with Crippen molar-refractivity contribution in [2.75, 3.05) is 0 Å². The van der Waals surface area contributed by atoms with Gasteiger partial charge in [0, 0.05) is 44.4 Å². The Labute approximate surface area is 510 Å². The van der Waals surface area contributed by atoms with Gasteiger partial charge in [0.1, 0.15) is 0 Å². The molecule has 2 heterocycles. The zero-order valence-corrected chi connectivity index (χ0v) is 47.0. The summed E-state index contributed by atoms with van der Waals surface area (Å²) in [7, 11) is 0. The molecule has 0 amide bonds. The predicted octanol–water partition coefficient (Wildman–Crippen LogP) is 16.6. The van der Waals surface area contributed by atoms with E-state index in [0.717, 1.165) is 43.7 Å². The average molecular weight is 1130 g/mol. The van der Waals surface area contributed by atoms with Gasteiger partial charge in [-0.05, 0) is 215 Å². The standard InChI is InChI=1S/C76H37N13/c1-3-54(16-17-87-2)75-59(44-86)5-10-64(76(75)89-73-14-8-57(62-26-50(40-82)20-51(27-62)41-83)33-68(73)69-34-58(9-15-74(69)89)63-28-52(42-84)21-53(29-63)43-85)65-30-45(35-77)4-11-70(65)88-71-12-6-55(60-22-46(36-78)18-47(23-60)37-79)31-66(71)67-32-56(7-13-72(67)88)61-24-48(38-80)19-49(25-61)39-81/h3-34H,2H2,1H3/b17-16-,54-3+. The Morgan fingerprint density at radius 2 is 0.697 bits per heavy atom. The summed E-state index contributed by atoms with van der Waals surface area (Å²) < 4.78 is 4.19. The highest BCUT2D eigenvalue weighted by atomic mass is 15.0. The van der Waals surface area contributed by atoms with Crippen molar-refractivity contribution in [2.24, 2.45) is 4.99 Å². The number of rotatable bonds is 10. The second kappa shape index (κ2) is 22.9. The summed E-state index contributed by atoms with van der Waals surface area (Å²) in [6.07, 6.45) is 5.20. The van der Waals surface area contributed by atoms with Crippen LogP contribution < -0.4 is 0 Å². The normalized spacial score (nSPS) is 10.9. The first kappa shape index (κ1) is 55.4. The van der Waals surface area contributed by atoms with Gasteiger partial charge < -0.3 is 9.13 Å². The number of aliphatic imine (C=N–C) groups is 1. The van der Waals surface area contributed by atoms with E-state index >= 15 is 0 Å². The van der Waals surface area contributed by atoms with Crippen LogP contribution in [-0.2, 0) is 0 Å². The lowest BCUT2D eigenvalue weighted by Gasteiger charge is -2.23. The molecule has 12 rings (SSSR count). The van der Waals surface area contributed by atoms with Gasteiger partial charge in [0.15, 0.2) is 0 Å². The maximum absolute atomic E-state index is 11.3. The van der Waals surface area contributed by atoms with Gasteiger partial charge in [0.2, 0.25) is 0 Å². The smallest absolute Gasteiger partial charge is 0.0998 e. The van der Waals surface area contributed by atoms with Crippen LogP contribution in [0.4, 0.5) is 0 Å². The summed E-state index contributed by atoms with van der Waals surface area (Å²) in [5, 5.41) is 106. The molecule has 13 heteroatoms. The summed E-state index contributed by atoms with van der Waals surface area (Å²) in [6.45, 7) is 5.59. The van der Waals surface area contributed by atoms with Crippen molar-refractivity contribution >= 4 is 55.9 Å². The third-order valence-electron chi connectivity index (χ3n) is 15.8. The molecule has 0 saturated heterocycles. The van der Waals surface area contributed by atoms with Crippen molar-refractivity contribution < 1.29 is 0 Å². The Kier molecular flexibility index (Phi) is 14.2. The molecule has 0 aliphatic heterocycles. The molecular formula is C76H37N13. The first-order valence-electron chi connectivity index (χ1n) is 27.4. The van der Waals surface area contributed by atoms with Gasteiger partial charge in [0.25, 0.3) is 0 Å². The van der Waals surface area contributed by atoms with Crippen molar-refractivity contribution in [3.05, 3.63) is 255 Å². The summed E-state index contributed by atoms with van der Waals surface area (Å²) in [6, 6.07) is 74.9. The minimum Gasteiger partial charge on any atom is -0.309 e. The van der Waals surface area contributed by atoms with E-state index in [4.69, 9.17) is 0 Å². The van der Waals surface area contributed by atoms with Crippen molar-refractivity contribution in [3.8, 4) is 128 Å². The van der Waals surface area contributed by atoms with E-state index in [1.54, 1.807) is 72.9 Å². The van der Waals surface area contributed by atoms with Crippen LogP contribution in [0.25, 0.3) is 116 Å². The van der Waals surface area contributed by atoms with E-state index in [1.165, 1.54) is 24.3 Å². The predicted molar refractivity (Wildman–Crippen MR) is 342 cm³/mol. The minimum atomic E-state index is 0.303. The van der Waals surface area contributed by atoms with Crippen LogP contribution in [0.3, 0.4) is 0 Å². The van der Waals surface area contributed by atoms with Gasteiger partial charge in [-0.3, -0.25) is 4.99 Å². The topological polar surface area (TPSA) is 260 Å². The number of benzene rings is 10. The highest BCUT2D eigenvalue weighted by Crippen LogP contribution is 2.47. The van der Waals surface area contributed by atoms with Crippen LogP contribution in [0.15, 0.2) is 199 Å². The van der Waals surface area contributed by atoms with E-state index in [-0.39, 0.29) is 0 Å². The first-order chi connectivity index (χ1) is 43.5. The fraction of sp³-hybridized carbons (Fsp3) is 0.0132. The number of allylic oxidation sites excluding steroid dienone is 3. The molecular weight excluding hydrogens is 1090 g/mol. The third-order valence-corrected chi connectivity index (χ3v) is 15.8. The van der Waals surface area contributed by atoms with E-state index in [2.05, 4.69) is 81.5 Å². The fourth-order valence-corrected chi connectivity index (χ4v) is 11.9. The van der Waals surface area contributed by atoms with Crippen LogP contribution in [-0.4, -0.2) is 15.9 Å². The molecule has 13 nitrogen and oxygen atoms in total. The summed E-state index contributed by atoms with van der Waals surface area (Å²) in [5.41, 5.74) is 14.8. The van der Waals surface area contributed by atoms with Gasteiger partial charge in [-0.15, -0.1) is 0 Å². The molecule has 0 unspecified atom stereocenters. The highest BCUT2D eigenvalue weighted by molar-refractivity contribution is 6.15. The number of fused-ring (bicyclic) bond motifs is 6. The highest BCUT2D eigenvalue weighted by Gasteiger charge is 2.27. The molecule has 0 spiro atoms. The Morgan fingerprint density at radius 3 is 1.01 bits per heavy atom. The van der Waals surface area contributed by atoms with Gasteiger partial charge in [0.05, 0.1) is 150 Å². The van der Waals surface area contributed by atoms with Crippen LogP contribution >= 0.6 is 0 Å². The average Bonchev–Trinajstić information content (AvgIpc) is 1.71. The molecule has 0 aliphatic rings. The van der Waals surface area contributed by atoms with E-state index < -0.39 is 0 Å². The van der Waals surface area contributed by atoms with E-state index in [1.807, 2.05) is 104 Å². The maximum atomic E-state index is 11.3. The Morgan fingerprint density at radius 1 is 0.348 bits per heavy atom. The van der Waals surface area contributed by atoms with Crippen molar-refractivity contribution in [1.82, 2.24) is 9.13 Å². The van der Waals surface area contributed by atoms with Gasteiger partial charge >= 0.3 is 0 Å². The van der Waals surface area contributed by atoms with Gasteiger partial charge in [-0.25, -0.2) is 0 Å². The lowest BCUT2D eigenvalue weighted by molar-refractivity contribution is 1.15. The monoisotopic (exact) mass is 1130 g/mol. The lowest BCUT2D eigenvalue weighted by Crippen LogP contribution is -2.07. The molecule has 12 aromatic rings. The number of nitriles is 10. The van der Waals surface area contributed by atoms with Crippen LogP contribution in [0.1, 0.15) is 68.1 Å². The molecule has 0 radical (unpaired) electrons. The van der Waals surface area contributed by atoms with E-state index in [9.17, 15) is 52.6 Å². The molecule has 0 aliphatic carbocycles. The number of aromatic nitrogens is 2. The molecule has 0 fully saturated rings. The third kappa shape index (κ3) is 9.74. The molecule has 2 aromatic heterocycles. The molecule has 0 saturated carbocycles. The molecule has 10 aromatic carbocycles. The molecule has 89 heavy (non-hydrogen) atoms. The first-order valence-corrected chi connectivity index (χ1v) is 27.4. The quantitative estimate of drug-likeness (QED) is 0.0923. The number of hydrogen-bond donors (Lipinski definition) is 0. The zero-order chi connectivity index (χ0) is 62.0. The SMILES string of the molecule is C=N/C=C\C(=C/C)c1c(C#N)ccc(-c2cc(C#N)ccc2-n2c3ccc(-c4cc(C#N)cc(C#N)c4)cc3c3cc(-c4cc(C#N)cc(C#N)c4)ccc32)c1-n1c2ccc(-c3cc(C#N)cc(C#N)c3)cc2c2cc(-c3cc(C#N)cc(C#N)c3)ccc21. The Hall–Kier alpha value is -14.2.